The first-order valence-corrected chi connectivity index (χ1v) is 17.4. The third-order valence-corrected chi connectivity index (χ3v) is 10.6. The molecule has 0 saturated heterocycles. The highest BCUT2D eigenvalue weighted by atomic mass is 19.4. The summed E-state index contributed by atoms with van der Waals surface area (Å²) < 4.78 is 39.5. The van der Waals surface area contributed by atoms with E-state index in [4.69, 9.17) is 0 Å². The second kappa shape index (κ2) is 11.5. The Morgan fingerprint density at radius 1 is 0.308 bits per heavy atom. The van der Waals surface area contributed by atoms with Gasteiger partial charge in [0.25, 0.3) is 0 Å². The molecule has 246 valence electrons. The van der Waals surface area contributed by atoms with Gasteiger partial charge in [0, 0.05) is 0 Å². The van der Waals surface area contributed by atoms with Gasteiger partial charge in [0.1, 0.15) is 0 Å². The summed E-state index contributed by atoms with van der Waals surface area (Å²) in [4.78, 5) is 0. The molecule has 9 aromatic carbocycles. The Hall–Kier alpha value is -6.45. The van der Waals surface area contributed by atoms with Crippen LogP contribution in [0.15, 0.2) is 176 Å². The van der Waals surface area contributed by atoms with Gasteiger partial charge in [-0.15, -0.1) is 0 Å². The van der Waals surface area contributed by atoms with Gasteiger partial charge in [-0.05, 0) is 123 Å². The fourth-order valence-electron chi connectivity index (χ4n) is 8.31. The Kier molecular flexibility index (Phi) is 6.74. The molecule has 0 heterocycles. The van der Waals surface area contributed by atoms with Crippen LogP contribution < -0.4 is 0 Å². The molecule has 1 aliphatic carbocycles. The van der Waals surface area contributed by atoms with E-state index in [2.05, 4.69) is 140 Å². The first-order chi connectivity index (χ1) is 25.4. The minimum Gasteiger partial charge on any atom is -0.166 e. The molecule has 3 heteroatoms. The number of hydrogen-bond donors (Lipinski definition) is 0. The maximum absolute atomic E-state index is 13.2. The first kappa shape index (κ1) is 30.4. The molecular formula is C49H29F3. The van der Waals surface area contributed by atoms with Crippen molar-refractivity contribution in [3.8, 4) is 66.8 Å². The highest BCUT2D eigenvalue weighted by molar-refractivity contribution is 6.28. The summed E-state index contributed by atoms with van der Waals surface area (Å²) in [6.45, 7) is 0. The first-order valence-electron chi connectivity index (χ1n) is 17.4. The quantitative estimate of drug-likeness (QED) is 0.174. The van der Waals surface area contributed by atoms with Crippen LogP contribution in [-0.2, 0) is 6.18 Å². The second-order valence-corrected chi connectivity index (χ2v) is 13.5. The SMILES string of the molecule is FC(F)(F)c1ccc(-c2ccc3cc(-c4ccc5c6c(cccc46)-c4c-5c(-c5ccccc5)c5ccccc5c4-c4ccccc4)ccc3c2)cc1. The van der Waals surface area contributed by atoms with Crippen molar-refractivity contribution in [2.24, 2.45) is 0 Å². The minimum atomic E-state index is -4.35. The Labute approximate surface area is 299 Å². The van der Waals surface area contributed by atoms with Gasteiger partial charge in [0.15, 0.2) is 0 Å². The summed E-state index contributed by atoms with van der Waals surface area (Å²) in [6, 6.07) is 59.5. The maximum Gasteiger partial charge on any atom is 0.416 e. The van der Waals surface area contributed by atoms with Gasteiger partial charge in [0.05, 0.1) is 5.56 Å². The van der Waals surface area contributed by atoms with E-state index in [1.807, 2.05) is 12.1 Å². The van der Waals surface area contributed by atoms with Gasteiger partial charge in [-0.1, -0.05) is 152 Å². The molecule has 0 aromatic heterocycles. The third kappa shape index (κ3) is 4.70. The van der Waals surface area contributed by atoms with Gasteiger partial charge >= 0.3 is 6.18 Å². The number of fused-ring (bicyclic) bond motifs is 5. The van der Waals surface area contributed by atoms with Crippen LogP contribution in [0.25, 0.3) is 99.1 Å². The van der Waals surface area contributed by atoms with Crippen LogP contribution in [0, 0.1) is 0 Å². The molecule has 0 unspecified atom stereocenters. The lowest BCUT2D eigenvalue weighted by Crippen LogP contribution is -2.03. The Morgan fingerprint density at radius 2 is 0.788 bits per heavy atom. The number of alkyl halides is 3. The normalized spacial score (nSPS) is 12.1. The Bertz CT molecular complexity index is 2760. The van der Waals surface area contributed by atoms with Crippen LogP contribution >= 0.6 is 0 Å². The lowest BCUT2D eigenvalue weighted by Gasteiger charge is -2.20. The minimum absolute atomic E-state index is 0.643. The highest BCUT2D eigenvalue weighted by Gasteiger charge is 2.32. The van der Waals surface area contributed by atoms with Crippen molar-refractivity contribution in [2.45, 2.75) is 6.18 Å². The maximum atomic E-state index is 13.2. The molecule has 0 atom stereocenters. The molecule has 0 amide bonds. The van der Waals surface area contributed by atoms with Gasteiger partial charge in [0.2, 0.25) is 0 Å². The van der Waals surface area contributed by atoms with E-state index < -0.39 is 11.7 Å². The molecule has 52 heavy (non-hydrogen) atoms. The fourth-order valence-corrected chi connectivity index (χ4v) is 8.31. The van der Waals surface area contributed by atoms with E-state index >= 15 is 0 Å². The zero-order valence-corrected chi connectivity index (χ0v) is 27.9. The lowest BCUT2D eigenvalue weighted by molar-refractivity contribution is -0.137. The van der Waals surface area contributed by atoms with Gasteiger partial charge in [-0.2, -0.15) is 13.2 Å². The van der Waals surface area contributed by atoms with E-state index in [9.17, 15) is 13.2 Å². The summed E-state index contributed by atoms with van der Waals surface area (Å²) in [6.07, 6.45) is -4.35. The lowest BCUT2D eigenvalue weighted by atomic mass is 9.82. The Balaban J connectivity index is 1.17. The summed E-state index contributed by atoms with van der Waals surface area (Å²) in [5, 5.41) is 7.05. The van der Waals surface area contributed by atoms with Gasteiger partial charge in [-0.3, -0.25) is 0 Å². The highest BCUT2D eigenvalue weighted by Crippen LogP contribution is 2.58. The predicted octanol–water partition coefficient (Wildman–Crippen LogP) is 14.5. The van der Waals surface area contributed by atoms with Crippen LogP contribution in [0.2, 0.25) is 0 Å². The summed E-state index contributed by atoms with van der Waals surface area (Å²) in [5.41, 5.74) is 13.2. The van der Waals surface area contributed by atoms with Crippen LogP contribution in [0.4, 0.5) is 13.2 Å². The molecule has 1 aliphatic rings. The molecule has 0 aliphatic heterocycles. The Morgan fingerprint density at radius 3 is 1.38 bits per heavy atom. The van der Waals surface area contributed by atoms with E-state index in [0.29, 0.717) is 0 Å². The van der Waals surface area contributed by atoms with Crippen LogP contribution in [0.1, 0.15) is 5.56 Å². The van der Waals surface area contributed by atoms with Crippen molar-refractivity contribution in [3.63, 3.8) is 0 Å². The van der Waals surface area contributed by atoms with Crippen molar-refractivity contribution >= 4 is 32.3 Å². The molecule has 0 radical (unpaired) electrons. The van der Waals surface area contributed by atoms with Gasteiger partial charge in [-0.25, -0.2) is 0 Å². The average molecular weight is 675 g/mol. The largest absolute Gasteiger partial charge is 0.416 e. The van der Waals surface area contributed by atoms with Crippen molar-refractivity contribution < 1.29 is 13.2 Å². The predicted molar refractivity (Wildman–Crippen MR) is 210 cm³/mol. The number of halogens is 3. The summed E-state index contributed by atoms with van der Waals surface area (Å²) >= 11 is 0. The van der Waals surface area contributed by atoms with Gasteiger partial charge < -0.3 is 0 Å². The number of benzene rings is 9. The molecule has 0 nitrogen and oxygen atoms in total. The molecule has 10 rings (SSSR count). The number of rotatable bonds is 4. The molecule has 0 fully saturated rings. The van der Waals surface area contributed by atoms with Crippen molar-refractivity contribution in [2.75, 3.05) is 0 Å². The fraction of sp³-hybridized carbons (Fsp3) is 0.0204. The zero-order chi connectivity index (χ0) is 35.0. The summed E-state index contributed by atoms with van der Waals surface area (Å²) in [7, 11) is 0. The molecule has 9 aromatic rings. The summed E-state index contributed by atoms with van der Waals surface area (Å²) in [5.74, 6) is 0. The molecule has 0 N–H and O–H groups in total. The monoisotopic (exact) mass is 674 g/mol. The zero-order valence-electron chi connectivity index (χ0n) is 27.9. The van der Waals surface area contributed by atoms with Crippen molar-refractivity contribution in [3.05, 3.63) is 181 Å². The standard InChI is InChI=1S/C49H29F3/c50-49(51,52)37-24-22-30(23-25-37)33-18-19-35-29-36(21-20-34(35)28-33)38-26-27-43-46-39(38)16-9-17-42(46)47-44(31-10-3-1-4-11-31)40-14-7-8-15-41(40)45(48(43)47)32-12-5-2-6-13-32/h1-29H. The van der Waals surface area contributed by atoms with E-state index in [0.717, 1.165) is 45.2 Å². The van der Waals surface area contributed by atoms with Crippen molar-refractivity contribution in [1.29, 1.82) is 0 Å². The van der Waals surface area contributed by atoms with E-state index in [1.54, 1.807) is 12.1 Å². The van der Waals surface area contributed by atoms with Crippen LogP contribution in [-0.4, -0.2) is 0 Å². The molecule has 0 spiro atoms. The van der Waals surface area contributed by atoms with E-state index in [-0.39, 0.29) is 0 Å². The molecular weight excluding hydrogens is 646 g/mol. The molecule has 0 bridgehead atoms. The smallest absolute Gasteiger partial charge is 0.166 e. The van der Waals surface area contributed by atoms with Crippen LogP contribution in [0.3, 0.4) is 0 Å². The molecule has 0 saturated carbocycles. The third-order valence-electron chi connectivity index (χ3n) is 10.6. The second-order valence-electron chi connectivity index (χ2n) is 13.5. The number of hydrogen-bond acceptors (Lipinski definition) is 0. The topological polar surface area (TPSA) is 0 Å². The average Bonchev–Trinajstić information content (AvgIpc) is 3.52. The van der Waals surface area contributed by atoms with Crippen molar-refractivity contribution in [1.82, 2.24) is 0 Å². The van der Waals surface area contributed by atoms with E-state index in [1.165, 1.54) is 66.1 Å². The van der Waals surface area contributed by atoms with Crippen LogP contribution in [0.5, 0.6) is 0 Å².